The van der Waals surface area contributed by atoms with Crippen molar-refractivity contribution in [3.63, 3.8) is 0 Å². The molecule has 0 aromatic carbocycles. The maximum atomic E-state index is 4.97. The van der Waals surface area contributed by atoms with Gasteiger partial charge in [-0.15, -0.1) is 5.10 Å². The van der Waals surface area contributed by atoms with Crippen molar-refractivity contribution in [2.45, 2.75) is 38.0 Å². The fraction of sp³-hybridized carbons (Fsp3) is 0.889. The van der Waals surface area contributed by atoms with Crippen LogP contribution in [0.3, 0.4) is 0 Å². The molecule has 16 heavy (non-hydrogen) atoms. The number of thioether (sulfide) groups is 1. The number of ether oxygens (including phenoxy) is 1. The van der Waals surface area contributed by atoms with Crippen LogP contribution in [0.1, 0.15) is 20.8 Å². The standard InChI is InChI=1S/C9H19N5OS/c1-9(2,3)10-5-6-14-8(11-12-13-14)16-7-15-4/h10H,5-7H2,1-4H3. The normalized spacial score (nSPS) is 12.0. The Labute approximate surface area is 100 Å². The molecule has 0 aliphatic carbocycles. The number of hydrogen-bond acceptors (Lipinski definition) is 6. The fourth-order valence-corrected chi connectivity index (χ4v) is 1.68. The summed E-state index contributed by atoms with van der Waals surface area (Å²) in [5, 5.41) is 15.7. The summed E-state index contributed by atoms with van der Waals surface area (Å²) in [6.45, 7) is 8.00. The molecule has 1 heterocycles. The van der Waals surface area contributed by atoms with Crippen LogP contribution in [-0.4, -0.2) is 45.3 Å². The number of methoxy groups -OCH3 is 1. The minimum absolute atomic E-state index is 0.119. The number of tetrazole rings is 1. The largest absolute Gasteiger partial charge is 0.374 e. The number of rotatable bonds is 6. The van der Waals surface area contributed by atoms with E-state index in [-0.39, 0.29) is 5.54 Å². The van der Waals surface area contributed by atoms with E-state index in [1.807, 2.05) is 0 Å². The average Bonchev–Trinajstić information content (AvgIpc) is 2.60. The van der Waals surface area contributed by atoms with Gasteiger partial charge in [-0.3, -0.25) is 0 Å². The summed E-state index contributed by atoms with van der Waals surface area (Å²) in [4.78, 5) is 0. The molecule has 7 heteroatoms. The van der Waals surface area contributed by atoms with E-state index < -0.39 is 0 Å². The Kier molecular flexibility index (Phi) is 5.17. The van der Waals surface area contributed by atoms with Crippen LogP contribution < -0.4 is 5.32 Å². The second-order valence-electron chi connectivity index (χ2n) is 4.41. The lowest BCUT2D eigenvalue weighted by atomic mass is 10.1. The third-order valence-electron chi connectivity index (χ3n) is 1.78. The van der Waals surface area contributed by atoms with Gasteiger partial charge in [-0.2, -0.15) is 0 Å². The lowest BCUT2D eigenvalue weighted by Crippen LogP contribution is -2.38. The van der Waals surface area contributed by atoms with Crippen molar-refractivity contribution >= 4 is 11.8 Å². The number of hydrogen-bond donors (Lipinski definition) is 1. The molecule has 0 saturated heterocycles. The molecule has 92 valence electrons. The molecule has 1 N–H and O–H groups in total. The molecule has 0 radical (unpaired) electrons. The Morgan fingerprint density at radius 1 is 1.44 bits per heavy atom. The molecule has 0 fully saturated rings. The van der Waals surface area contributed by atoms with Gasteiger partial charge < -0.3 is 10.1 Å². The fourth-order valence-electron chi connectivity index (χ4n) is 1.09. The topological polar surface area (TPSA) is 64.9 Å². The minimum Gasteiger partial charge on any atom is -0.374 e. The Morgan fingerprint density at radius 2 is 2.19 bits per heavy atom. The molecule has 0 spiro atoms. The summed E-state index contributed by atoms with van der Waals surface area (Å²) in [5.74, 6) is 0.563. The zero-order valence-corrected chi connectivity index (χ0v) is 11.0. The molecule has 0 unspecified atom stereocenters. The van der Waals surface area contributed by atoms with Gasteiger partial charge in [-0.05, 0) is 31.2 Å². The zero-order chi connectivity index (χ0) is 12.0. The summed E-state index contributed by atoms with van der Waals surface area (Å²) in [6.07, 6.45) is 0. The van der Waals surface area contributed by atoms with Crippen LogP contribution in [0.2, 0.25) is 0 Å². The van der Waals surface area contributed by atoms with Crippen molar-refractivity contribution in [2.75, 3.05) is 19.6 Å². The Morgan fingerprint density at radius 3 is 2.81 bits per heavy atom. The highest BCUT2D eigenvalue weighted by Crippen LogP contribution is 2.12. The van der Waals surface area contributed by atoms with Gasteiger partial charge in [0.1, 0.15) is 0 Å². The minimum atomic E-state index is 0.119. The van der Waals surface area contributed by atoms with E-state index in [9.17, 15) is 0 Å². The van der Waals surface area contributed by atoms with Gasteiger partial charge >= 0.3 is 0 Å². The SMILES string of the molecule is COCSc1nnnn1CCNC(C)(C)C. The first kappa shape index (κ1) is 13.4. The Hall–Kier alpha value is -0.660. The van der Waals surface area contributed by atoms with Crippen molar-refractivity contribution in [3.8, 4) is 0 Å². The van der Waals surface area contributed by atoms with Gasteiger partial charge in [-0.25, -0.2) is 4.68 Å². The summed E-state index contributed by atoms with van der Waals surface area (Å²) < 4.78 is 6.75. The molecule has 0 atom stereocenters. The number of nitrogens with one attached hydrogen (secondary N) is 1. The van der Waals surface area contributed by atoms with Crippen LogP contribution in [-0.2, 0) is 11.3 Å². The van der Waals surface area contributed by atoms with Crippen molar-refractivity contribution in [1.82, 2.24) is 25.5 Å². The molecule has 0 amide bonds. The molecule has 1 aromatic heterocycles. The summed E-state index contributed by atoms with van der Waals surface area (Å²) in [5.41, 5.74) is 0.119. The average molecular weight is 245 g/mol. The lowest BCUT2D eigenvalue weighted by Gasteiger charge is -2.20. The zero-order valence-electron chi connectivity index (χ0n) is 10.2. The monoisotopic (exact) mass is 245 g/mol. The van der Waals surface area contributed by atoms with Crippen molar-refractivity contribution in [3.05, 3.63) is 0 Å². The smallest absolute Gasteiger partial charge is 0.211 e. The molecule has 0 aliphatic rings. The number of nitrogens with zero attached hydrogens (tertiary/aromatic N) is 4. The van der Waals surface area contributed by atoms with Crippen LogP contribution in [0.5, 0.6) is 0 Å². The molecule has 6 nitrogen and oxygen atoms in total. The molecule has 0 aliphatic heterocycles. The van der Waals surface area contributed by atoms with Crippen molar-refractivity contribution < 1.29 is 4.74 Å². The van der Waals surface area contributed by atoms with Crippen LogP contribution in [0.25, 0.3) is 0 Å². The third kappa shape index (κ3) is 4.91. The first-order chi connectivity index (χ1) is 7.53. The molecule has 1 rings (SSSR count). The van der Waals surface area contributed by atoms with E-state index in [2.05, 4.69) is 41.6 Å². The highest BCUT2D eigenvalue weighted by atomic mass is 32.2. The van der Waals surface area contributed by atoms with Crippen molar-refractivity contribution in [2.24, 2.45) is 0 Å². The van der Waals surface area contributed by atoms with Crippen LogP contribution in [0.15, 0.2) is 5.16 Å². The second-order valence-corrected chi connectivity index (χ2v) is 5.30. The maximum Gasteiger partial charge on any atom is 0.211 e. The summed E-state index contributed by atoms with van der Waals surface area (Å²) in [6, 6.07) is 0. The van der Waals surface area contributed by atoms with Crippen LogP contribution >= 0.6 is 11.8 Å². The van der Waals surface area contributed by atoms with E-state index in [1.165, 1.54) is 11.8 Å². The quantitative estimate of drug-likeness (QED) is 0.589. The Balaban J connectivity index is 2.38. The van der Waals surface area contributed by atoms with Crippen LogP contribution in [0, 0.1) is 0 Å². The van der Waals surface area contributed by atoms with E-state index in [1.54, 1.807) is 11.8 Å². The first-order valence-corrected chi connectivity index (χ1v) is 6.14. The molecule has 0 bridgehead atoms. The predicted octanol–water partition coefficient (Wildman–Crippen LogP) is 0.757. The van der Waals surface area contributed by atoms with E-state index in [0.717, 1.165) is 18.2 Å². The maximum absolute atomic E-state index is 4.97. The number of aromatic nitrogens is 4. The Bertz CT molecular complexity index is 309. The van der Waals surface area contributed by atoms with E-state index in [4.69, 9.17) is 4.74 Å². The highest BCUT2D eigenvalue weighted by Gasteiger charge is 2.10. The highest BCUT2D eigenvalue weighted by molar-refractivity contribution is 7.99. The molecular weight excluding hydrogens is 226 g/mol. The predicted molar refractivity (Wildman–Crippen MR) is 63.3 cm³/mol. The van der Waals surface area contributed by atoms with Crippen LogP contribution in [0.4, 0.5) is 0 Å². The van der Waals surface area contributed by atoms with E-state index in [0.29, 0.717) is 5.94 Å². The molecule has 1 aromatic rings. The van der Waals surface area contributed by atoms with Gasteiger partial charge in [-0.1, -0.05) is 11.8 Å². The summed E-state index contributed by atoms with van der Waals surface area (Å²) in [7, 11) is 1.66. The first-order valence-electron chi connectivity index (χ1n) is 5.16. The third-order valence-corrected chi connectivity index (χ3v) is 2.69. The van der Waals surface area contributed by atoms with Gasteiger partial charge in [0.05, 0.1) is 12.5 Å². The van der Waals surface area contributed by atoms with Crippen molar-refractivity contribution in [1.29, 1.82) is 0 Å². The van der Waals surface area contributed by atoms with Gasteiger partial charge in [0.2, 0.25) is 5.16 Å². The molecule has 0 saturated carbocycles. The summed E-state index contributed by atoms with van der Waals surface area (Å²) >= 11 is 1.49. The van der Waals surface area contributed by atoms with E-state index >= 15 is 0 Å². The molecular formula is C9H19N5OS. The van der Waals surface area contributed by atoms with Gasteiger partial charge in [0.25, 0.3) is 0 Å². The van der Waals surface area contributed by atoms with Gasteiger partial charge in [0, 0.05) is 19.2 Å². The van der Waals surface area contributed by atoms with Gasteiger partial charge in [0.15, 0.2) is 0 Å². The second kappa shape index (κ2) is 6.17. The lowest BCUT2D eigenvalue weighted by molar-refractivity contribution is 0.258.